The van der Waals surface area contributed by atoms with E-state index >= 15 is 0 Å². The van der Waals surface area contributed by atoms with Gasteiger partial charge >= 0.3 is 0 Å². The van der Waals surface area contributed by atoms with Crippen LogP contribution in [0.5, 0.6) is 0 Å². The molecule has 0 aliphatic rings. The van der Waals surface area contributed by atoms with E-state index in [1.807, 2.05) is 12.3 Å². The maximum absolute atomic E-state index is 12.7. The van der Waals surface area contributed by atoms with Gasteiger partial charge in [0.25, 0.3) is 0 Å². The predicted molar refractivity (Wildman–Crippen MR) is 66.7 cm³/mol. The van der Waals surface area contributed by atoms with Crippen LogP contribution in [0.3, 0.4) is 0 Å². The lowest BCUT2D eigenvalue weighted by Crippen LogP contribution is -1.82. The minimum atomic E-state index is -0.286. The summed E-state index contributed by atoms with van der Waals surface area (Å²) < 4.78 is 12.7. The second-order valence-corrected chi connectivity index (χ2v) is 4.37. The number of rotatable bonds is 2. The number of hydrogen-bond donors (Lipinski definition) is 0. The summed E-state index contributed by atoms with van der Waals surface area (Å²) in [7, 11) is 0. The van der Waals surface area contributed by atoms with Crippen molar-refractivity contribution < 1.29 is 4.39 Å². The lowest BCUT2D eigenvalue weighted by molar-refractivity contribution is 0.628. The van der Waals surface area contributed by atoms with E-state index in [1.54, 1.807) is 18.2 Å². The van der Waals surface area contributed by atoms with Gasteiger partial charge in [-0.1, -0.05) is 12.1 Å². The predicted octanol–water partition coefficient (Wildman–Crippen LogP) is 3.65. The van der Waals surface area contributed by atoms with Gasteiger partial charge in [-0.3, -0.25) is 0 Å². The Morgan fingerprint density at radius 2 is 2.12 bits per heavy atom. The maximum atomic E-state index is 12.7. The zero-order valence-electron chi connectivity index (χ0n) is 9.14. The van der Waals surface area contributed by atoms with Crippen molar-refractivity contribution in [2.75, 3.05) is 0 Å². The first-order chi connectivity index (χ1) is 8.19. The summed E-state index contributed by atoms with van der Waals surface area (Å²) in [5.41, 5.74) is 2.18. The Labute approximate surface area is 103 Å². The van der Waals surface area contributed by atoms with Crippen molar-refractivity contribution in [3.63, 3.8) is 0 Å². The van der Waals surface area contributed by atoms with Crippen LogP contribution in [0.1, 0.15) is 16.3 Å². The van der Waals surface area contributed by atoms with E-state index in [-0.39, 0.29) is 5.82 Å². The lowest BCUT2D eigenvalue weighted by atomic mass is 10.1. The number of nitrogens with zero attached hydrogens (tertiary/aromatic N) is 2. The van der Waals surface area contributed by atoms with E-state index in [1.165, 1.54) is 23.5 Å². The molecule has 0 spiro atoms. The van der Waals surface area contributed by atoms with Crippen molar-refractivity contribution in [1.29, 1.82) is 5.26 Å². The van der Waals surface area contributed by atoms with Crippen molar-refractivity contribution in [1.82, 2.24) is 4.98 Å². The van der Waals surface area contributed by atoms with Crippen LogP contribution >= 0.6 is 11.3 Å². The first kappa shape index (κ1) is 11.5. The molecule has 0 amide bonds. The topological polar surface area (TPSA) is 36.7 Å². The number of benzene rings is 1. The first-order valence-electron chi connectivity index (χ1n) is 4.99. The van der Waals surface area contributed by atoms with Gasteiger partial charge in [-0.25, -0.2) is 9.37 Å². The summed E-state index contributed by atoms with van der Waals surface area (Å²) >= 11 is 1.43. The summed E-state index contributed by atoms with van der Waals surface area (Å²) in [4.78, 5) is 4.25. The van der Waals surface area contributed by atoms with E-state index in [9.17, 15) is 4.39 Å². The molecule has 0 atom stereocenters. The minimum absolute atomic E-state index is 0.286. The van der Waals surface area contributed by atoms with Gasteiger partial charge in [-0.2, -0.15) is 5.26 Å². The normalized spacial score (nSPS) is 11.2. The third-order valence-electron chi connectivity index (χ3n) is 2.15. The highest BCUT2D eigenvalue weighted by Gasteiger charge is 2.05. The third kappa shape index (κ3) is 2.77. The average molecular weight is 244 g/mol. The summed E-state index contributed by atoms with van der Waals surface area (Å²) in [6.07, 6.45) is 1.71. The fourth-order valence-electron chi connectivity index (χ4n) is 1.35. The van der Waals surface area contributed by atoms with Gasteiger partial charge in [-0.15, -0.1) is 11.3 Å². The Kier molecular flexibility index (Phi) is 3.31. The van der Waals surface area contributed by atoms with Crippen molar-refractivity contribution in [3.8, 4) is 6.07 Å². The Balaban J connectivity index is 2.36. The van der Waals surface area contributed by atoms with Gasteiger partial charge in [0.1, 0.15) is 16.9 Å². The van der Waals surface area contributed by atoms with Crippen LogP contribution in [0.2, 0.25) is 0 Å². The molecule has 1 aromatic heterocycles. The van der Waals surface area contributed by atoms with Gasteiger partial charge in [-0.05, 0) is 30.7 Å². The molecule has 1 heterocycles. The number of allylic oxidation sites excluding steroid dienone is 1. The smallest absolute Gasteiger partial charge is 0.134 e. The largest absolute Gasteiger partial charge is 0.241 e. The highest BCUT2D eigenvalue weighted by atomic mass is 32.1. The van der Waals surface area contributed by atoms with Crippen LogP contribution in [0, 0.1) is 24.1 Å². The van der Waals surface area contributed by atoms with Gasteiger partial charge < -0.3 is 0 Å². The molecule has 2 nitrogen and oxygen atoms in total. The molecule has 1 aromatic carbocycles. The molecule has 0 unspecified atom stereocenters. The molecule has 0 aliphatic carbocycles. The number of nitriles is 1. The monoisotopic (exact) mass is 244 g/mol. The van der Waals surface area contributed by atoms with Crippen molar-refractivity contribution in [3.05, 3.63) is 51.7 Å². The van der Waals surface area contributed by atoms with Gasteiger partial charge in [0, 0.05) is 11.1 Å². The molecule has 0 saturated carbocycles. The zero-order valence-corrected chi connectivity index (χ0v) is 9.96. The summed E-state index contributed by atoms with van der Waals surface area (Å²) in [6.45, 7) is 1.88. The summed E-state index contributed by atoms with van der Waals surface area (Å²) in [5, 5.41) is 11.7. The van der Waals surface area contributed by atoms with E-state index in [0.717, 1.165) is 11.3 Å². The second kappa shape index (κ2) is 4.89. The Bertz CT molecular complexity index is 591. The van der Waals surface area contributed by atoms with Gasteiger partial charge in [0.05, 0.1) is 5.57 Å². The van der Waals surface area contributed by atoms with Crippen LogP contribution in [-0.4, -0.2) is 4.98 Å². The Morgan fingerprint density at radius 1 is 1.41 bits per heavy atom. The van der Waals surface area contributed by atoms with Crippen molar-refractivity contribution in [2.24, 2.45) is 0 Å². The molecular weight excluding hydrogens is 235 g/mol. The molecule has 0 fully saturated rings. The molecule has 0 saturated heterocycles. The van der Waals surface area contributed by atoms with Crippen LogP contribution in [-0.2, 0) is 0 Å². The van der Waals surface area contributed by atoms with Crippen LogP contribution < -0.4 is 0 Å². The van der Waals surface area contributed by atoms with E-state index in [0.29, 0.717) is 10.6 Å². The Hall–Kier alpha value is -1.99. The zero-order chi connectivity index (χ0) is 12.3. The fourth-order valence-corrected chi connectivity index (χ4v) is 2.11. The lowest BCUT2D eigenvalue weighted by Gasteiger charge is -1.95. The molecule has 0 aliphatic heterocycles. The van der Waals surface area contributed by atoms with Crippen LogP contribution in [0.25, 0.3) is 11.6 Å². The molecule has 2 rings (SSSR count). The third-order valence-corrected chi connectivity index (χ3v) is 3.14. The standard InChI is InChI=1S/C13H9FN2S/c1-9-8-17-13(16-9)11(7-15)6-10-2-4-12(14)5-3-10/h2-6,8H,1H3/b11-6-. The summed E-state index contributed by atoms with van der Waals surface area (Å²) in [6, 6.07) is 8.11. The summed E-state index contributed by atoms with van der Waals surface area (Å²) in [5.74, 6) is -0.286. The average Bonchev–Trinajstić information content (AvgIpc) is 2.75. The number of thiazole rings is 1. The molecule has 0 radical (unpaired) electrons. The molecule has 4 heteroatoms. The first-order valence-corrected chi connectivity index (χ1v) is 5.87. The van der Waals surface area contributed by atoms with E-state index in [2.05, 4.69) is 11.1 Å². The molecule has 17 heavy (non-hydrogen) atoms. The van der Waals surface area contributed by atoms with E-state index < -0.39 is 0 Å². The van der Waals surface area contributed by atoms with Crippen LogP contribution in [0.4, 0.5) is 4.39 Å². The van der Waals surface area contributed by atoms with Crippen molar-refractivity contribution in [2.45, 2.75) is 6.92 Å². The van der Waals surface area contributed by atoms with Gasteiger partial charge in [0.15, 0.2) is 0 Å². The Morgan fingerprint density at radius 3 is 2.65 bits per heavy atom. The maximum Gasteiger partial charge on any atom is 0.134 e. The molecule has 0 N–H and O–H groups in total. The molecule has 2 aromatic rings. The highest BCUT2D eigenvalue weighted by Crippen LogP contribution is 2.21. The number of hydrogen-bond acceptors (Lipinski definition) is 3. The quantitative estimate of drug-likeness (QED) is 0.756. The second-order valence-electron chi connectivity index (χ2n) is 3.52. The molecule has 0 bridgehead atoms. The van der Waals surface area contributed by atoms with E-state index in [4.69, 9.17) is 5.26 Å². The van der Waals surface area contributed by atoms with Crippen molar-refractivity contribution >= 4 is 23.0 Å². The number of aryl methyl sites for hydroxylation is 1. The number of halogens is 1. The van der Waals surface area contributed by atoms with Gasteiger partial charge in [0.2, 0.25) is 0 Å². The minimum Gasteiger partial charge on any atom is -0.241 e. The van der Waals surface area contributed by atoms with Crippen LogP contribution in [0.15, 0.2) is 29.6 Å². The SMILES string of the molecule is Cc1csc(/C(C#N)=C\c2ccc(F)cc2)n1. The fraction of sp³-hybridized carbons (Fsp3) is 0.0769. The number of aromatic nitrogens is 1. The molecular formula is C13H9FN2S. The molecule has 84 valence electrons. The highest BCUT2D eigenvalue weighted by molar-refractivity contribution is 7.11.